The fourth-order valence-corrected chi connectivity index (χ4v) is 3.74. The van der Waals surface area contributed by atoms with Crippen molar-refractivity contribution in [3.8, 4) is 0 Å². The maximum absolute atomic E-state index is 5.84. The summed E-state index contributed by atoms with van der Waals surface area (Å²) >= 11 is 0. The van der Waals surface area contributed by atoms with Crippen molar-refractivity contribution < 1.29 is 9.47 Å². The van der Waals surface area contributed by atoms with Gasteiger partial charge in [0.15, 0.2) is 5.79 Å². The van der Waals surface area contributed by atoms with Crippen molar-refractivity contribution >= 4 is 0 Å². The molecule has 0 aromatic carbocycles. The van der Waals surface area contributed by atoms with Crippen LogP contribution < -0.4 is 5.32 Å². The van der Waals surface area contributed by atoms with E-state index in [4.69, 9.17) is 9.47 Å². The zero-order valence-corrected chi connectivity index (χ0v) is 11.8. The molecule has 0 spiro atoms. The van der Waals surface area contributed by atoms with Gasteiger partial charge in [-0.25, -0.2) is 0 Å². The quantitative estimate of drug-likeness (QED) is 0.824. The summed E-state index contributed by atoms with van der Waals surface area (Å²) in [4.78, 5) is 2.58. The van der Waals surface area contributed by atoms with Crippen LogP contribution in [0.5, 0.6) is 0 Å². The first-order chi connectivity index (χ1) is 8.53. The van der Waals surface area contributed by atoms with Gasteiger partial charge in [-0.3, -0.25) is 0 Å². The van der Waals surface area contributed by atoms with Crippen molar-refractivity contribution in [1.29, 1.82) is 0 Å². The third-order valence-electron chi connectivity index (χ3n) is 4.80. The number of piperidine rings is 1. The minimum absolute atomic E-state index is 0.220. The highest BCUT2D eigenvalue weighted by atomic mass is 16.7. The van der Waals surface area contributed by atoms with Crippen LogP contribution >= 0.6 is 0 Å². The number of nitrogens with zero attached hydrogens (tertiary/aromatic N) is 1. The Morgan fingerprint density at radius 1 is 1.22 bits per heavy atom. The highest BCUT2D eigenvalue weighted by molar-refractivity contribution is 4.96. The lowest BCUT2D eigenvalue weighted by atomic mass is 9.98. The molecule has 0 radical (unpaired) electrons. The molecule has 3 rings (SSSR count). The summed E-state index contributed by atoms with van der Waals surface area (Å²) in [7, 11) is 2.29. The van der Waals surface area contributed by atoms with Gasteiger partial charge in [-0.1, -0.05) is 0 Å². The summed E-state index contributed by atoms with van der Waals surface area (Å²) in [6, 6.07) is 2.28. The van der Waals surface area contributed by atoms with E-state index in [1.165, 1.54) is 25.7 Å². The molecule has 4 heteroatoms. The monoisotopic (exact) mass is 254 g/mol. The first kappa shape index (κ1) is 12.9. The molecule has 3 aliphatic heterocycles. The van der Waals surface area contributed by atoms with E-state index in [9.17, 15) is 0 Å². The summed E-state index contributed by atoms with van der Waals surface area (Å²) in [6.45, 7) is 5.63. The molecule has 0 saturated carbocycles. The van der Waals surface area contributed by atoms with E-state index in [0.717, 1.165) is 25.2 Å². The fraction of sp³-hybridized carbons (Fsp3) is 1.00. The van der Waals surface area contributed by atoms with E-state index in [2.05, 4.69) is 17.3 Å². The topological polar surface area (TPSA) is 33.7 Å². The minimum Gasteiger partial charge on any atom is -0.348 e. The molecule has 104 valence electrons. The Kier molecular flexibility index (Phi) is 3.39. The van der Waals surface area contributed by atoms with Gasteiger partial charge in [0.1, 0.15) is 0 Å². The molecule has 3 unspecified atom stereocenters. The Morgan fingerprint density at radius 3 is 2.44 bits per heavy atom. The summed E-state index contributed by atoms with van der Waals surface area (Å²) in [6.07, 6.45) is 5.58. The van der Waals surface area contributed by atoms with Gasteiger partial charge < -0.3 is 19.7 Å². The van der Waals surface area contributed by atoms with E-state index in [0.29, 0.717) is 6.04 Å². The Balaban J connectivity index is 1.45. The average Bonchev–Trinajstić information content (AvgIpc) is 2.74. The van der Waals surface area contributed by atoms with Gasteiger partial charge in [0.25, 0.3) is 0 Å². The van der Waals surface area contributed by atoms with Crippen LogP contribution in [0.4, 0.5) is 0 Å². The molecular formula is C14H26N2O2. The Bertz CT molecular complexity index is 294. The molecule has 3 saturated heterocycles. The molecule has 3 fully saturated rings. The maximum atomic E-state index is 5.84. The molecular weight excluding hydrogens is 228 g/mol. The van der Waals surface area contributed by atoms with Crippen molar-refractivity contribution in [2.45, 2.75) is 69.5 Å². The number of hydrogen-bond acceptors (Lipinski definition) is 4. The standard InChI is InChI=1S/C14H26N2O2/c1-14(2)17-9-13(18-14)8-15-10-6-11-4-5-12(7-10)16(11)3/h10-13,15H,4-9H2,1-3H3. The second kappa shape index (κ2) is 4.75. The minimum atomic E-state index is -0.391. The molecule has 0 aliphatic carbocycles. The van der Waals surface area contributed by atoms with Gasteiger partial charge in [0.05, 0.1) is 12.7 Å². The van der Waals surface area contributed by atoms with E-state index < -0.39 is 5.79 Å². The number of ether oxygens (including phenoxy) is 2. The van der Waals surface area contributed by atoms with Crippen LogP contribution in [0.2, 0.25) is 0 Å². The first-order valence-corrected chi connectivity index (χ1v) is 7.30. The van der Waals surface area contributed by atoms with Crippen LogP contribution in [-0.2, 0) is 9.47 Å². The van der Waals surface area contributed by atoms with Crippen LogP contribution in [0.3, 0.4) is 0 Å². The van der Waals surface area contributed by atoms with Crippen molar-refractivity contribution in [3.63, 3.8) is 0 Å². The van der Waals surface area contributed by atoms with Crippen molar-refractivity contribution in [2.75, 3.05) is 20.2 Å². The van der Waals surface area contributed by atoms with Gasteiger partial charge in [-0.05, 0) is 46.6 Å². The molecule has 3 heterocycles. The SMILES string of the molecule is CN1C2CCC1CC(NCC1COC(C)(C)O1)C2. The van der Waals surface area contributed by atoms with Crippen molar-refractivity contribution in [2.24, 2.45) is 0 Å². The predicted octanol–water partition coefficient (Wildman–Crippen LogP) is 1.35. The van der Waals surface area contributed by atoms with Gasteiger partial charge in [-0.2, -0.15) is 0 Å². The first-order valence-electron chi connectivity index (χ1n) is 7.30. The Hall–Kier alpha value is -0.160. The summed E-state index contributed by atoms with van der Waals surface area (Å²) in [5.41, 5.74) is 0. The van der Waals surface area contributed by atoms with Crippen LogP contribution in [0, 0.1) is 0 Å². The highest BCUT2D eigenvalue weighted by Gasteiger charge is 2.39. The third-order valence-corrected chi connectivity index (χ3v) is 4.80. The van der Waals surface area contributed by atoms with Gasteiger partial charge in [0.2, 0.25) is 0 Å². The second-order valence-corrected chi connectivity index (χ2v) is 6.58. The summed E-state index contributed by atoms with van der Waals surface area (Å²) < 4.78 is 11.4. The van der Waals surface area contributed by atoms with Crippen LogP contribution in [0.15, 0.2) is 0 Å². The van der Waals surface area contributed by atoms with Crippen molar-refractivity contribution in [3.05, 3.63) is 0 Å². The second-order valence-electron chi connectivity index (χ2n) is 6.58. The van der Waals surface area contributed by atoms with Crippen molar-refractivity contribution in [1.82, 2.24) is 10.2 Å². The Labute approximate surface area is 110 Å². The normalized spacial score (nSPS) is 43.5. The van der Waals surface area contributed by atoms with E-state index in [1.807, 2.05) is 13.8 Å². The summed E-state index contributed by atoms with van der Waals surface area (Å²) in [5.74, 6) is -0.391. The van der Waals surface area contributed by atoms with Gasteiger partial charge in [-0.15, -0.1) is 0 Å². The molecule has 18 heavy (non-hydrogen) atoms. The van der Waals surface area contributed by atoms with Crippen LogP contribution in [0.25, 0.3) is 0 Å². The van der Waals surface area contributed by atoms with E-state index in [1.54, 1.807) is 0 Å². The average molecular weight is 254 g/mol. The lowest BCUT2D eigenvalue weighted by molar-refractivity contribution is -0.138. The zero-order chi connectivity index (χ0) is 12.8. The fourth-order valence-electron chi connectivity index (χ4n) is 3.74. The summed E-state index contributed by atoms with van der Waals surface area (Å²) in [5, 5.41) is 3.69. The lowest BCUT2D eigenvalue weighted by Gasteiger charge is -2.37. The molecule has 3 atom stereocenters. The zero-order valence-electron chi connectivity index (χ0n) is 11.8. The molecule has 2 bridgehead atoms. The third kappa shape index (κ3) is 2.57. The number of hydrogen-bond donors (Lipinski definition) is 1. The van der Waals surface area contributed by atoms with Gasteiger partial charge in [0, 0.05) is 24.7 Å². The molecule has 1 N–H and O–H groups in total. The molecule has 3 aliphatic rings. The Morgan fingerprint density at radius 2 is 1.89 bits per heavy atom. The molecule has 4 nitrogen and oxygen atoms in total. The van der Waals surface area contributed by atoms with E-state index >= 15 is 0 Å². The van der Waals surface area contributed by atoms with Crippen LogP contribution in [0.1, 0.15) is 39.5 Å². The predicted molar refractivity (Wildman–Crippen MR) is 70.5 cm³/mol. The highest BCUT2D eigenvalue weighted by Crippen LogP contribution is 2.34. The van der Waals surface area contributed by atoms with E-state index in [-0.39, 0.29) is 6.10 Å². The number of rotatable bonds is 3. The van der Waals surface area contributed by atoms with Crippen LogP contribution in [-0.4, -0.2) is 55.1 Å². The number of nitrogens with one attached hydrogen (secondary N) is 1. The molecule has 0 amide bonds. The lowest BCUT2D eigenvalue weighted by Crippen LogP contribution is -2.48. The maximum Gasteiger partial charge on any atom is 0.163 e. The molecule has 0 aromatic heterocycles. The van der Waals surface area contributed by atoms with Gasteiger partial charge >= 0.3 is 0 Å². The number of fused-ring (bicyclic) bond motifs is 2. The molecule has 0 aromatic rings. The largest absolute Gasteiger partial charge is 0.348 e. The smallest absolute Gasteiger partial charge is 0.163 e.